The lowest BCUT2D eigenvalue weighted by Crippen LogP contribution is -2.49. The van der Waals surface area contributed by atoms with Gasteiger partial charge in [-0.05, 0) is 12.1 Å². The molecule has 1 atom stereocenters. The molecule has 1 rings (SSSR count). The first kappa shape index (κ1) is 16.9. The molecule has 0 bridgehead atoms. The lowest BCUT2D eigenvalue weighted by atomic mass is 10.3. The van der Waals surface area contributed by atoms with Gasteiger partial charge in [-0.3, -0.25) is 4.79 Å². The van der Waals surface area contributed by atoms with Crippen molar-refractivity contribution >= 4 is 69.6 Å². The van der Waals surface area contributed by atoms with Gasteiger partial charge in [0.25, 0.3) is 5.91 Å². The Kier molecular flexibility index (Phi) is 6.27. The Morgan fingerprint density at radius 3 is 2.47 bits per heavy atom. The van der Waals surface area contributed by atoms with Crippen molar-refractivity contribution in [1.29, 1.82) is 0 Å². The highest BCUT2D eigenvalue weighted by Gasteiger charge is 2.34. The molecule has 0 heterocycles. The van der Waals surface area contributed by atoms with Gasteiger partial charge in [0, 0.05) is 0 Å². The molecule has 0 aliphatic carbocycles. The summed E-state index contributed by atoms with van der Waals surface area (Å²) in [6, 6.07) is 4.75. The first-order valence-corrected chi connectivity index (χ1v) is 6.77. The fourth-order valence-corrected chi connectivity index (χ4v) is 1.85. The summed E-state index contributed by atoms with van der Waals surface area (Å²) >= 11 is 28.9. The van der Waals surface area contributed by atoms with Gasteiger partial charge in [0.05, 0.1) is 15.7 Å². The molecule has 1 aromatic carbocycles. The van der Waals surface area contributed by atoms with E-state index in [-0.39, 0.29) is 10.0 Å². The molecule has 2 N–H and O–H groups in total. The average molecular weight is 368 g/mol. The highest BCUT2D eigenvalue weighted by atomic mass is 35.6. The van der Waals surface area contributed by atoms with Crippen LogP contribution in [0.25, 0.3) is 0 Å². The zero-order chi connectivity index (χ0) is 14.6. The normalized spacial score (nSPS) is 12.9. The number of nitrogens with one attached hydrogen (secondary N) is 2. The molecule has 9 heteroatoms. The van der Waals surface area contributed by atoms with Crippen LogP contribution in [0.2, 0.25) is 10.0 Å². The monoisotopic (exact) mass is 366 g/mol. The molecular weight excluding hydrogens is 360 g/mol. The Balaban J connectivity index is 2.95. The minimum absolute atomic E-state index is 0.193. The van der Waals surface area contributed by atoms with E-state index < -0.39 is 22.5 Å². The van der Waals surface area contributed by atoms with Crippen molar-refractivity contribution in [2.75, 3.05) is 12.0 Å². The van der Waals surface area contributed by atoms with Crippen molar-refractivity contribution in [3.05, 3.63) is 28.2 Å². The van der Waals surface area contributed by atoms with Crippen molar-refractivity contribution in [1.82, 2.24) is 5.32 Å². The molecule has 0 saturated carbocycles. The Hall–Kier alpha value is -0.130. The van der Waals surface area contributed by atoms with Gasteiger partial charge in [0.1, 0.15) is 6.17 Å². The van der Waals surface area contributed by atoms with Crippen LogP contribution in [0.4, 0.5) is 10.1 Å². The predicted molar refractivity (Wildman–Crippen MR) is 78.3 cm³/mol. The van der Waals surface area contributed by atoms with Crippen molar-refractivity contribution in [2.24, 2.45) is 0 Å². The molecule has 0 radical (unpaired) electrons. The SMILES string of the molecule is O=C(CF)NC(Nc1cccc(Cl)c1Cl)C(Cl)(Cl)Cl. The van der Waals surface area contributed by atoms with Crippen LogP contribution in [0.1, 0.15) is 0 Å². The van der Waals surface area contributed by atoms with Crippen LogP contribution in [-0.2, 0) is 4.79 Å². The Bertz CT molecular complexity index is 466. The van der Waals surface area contributed by atoms with Crippen LogP contribution in [0.5, 0.6) is 0 Å². The van der Waals surface area contributed by atoms with E-state index in [2.05, 4.69) is 10.6 Å². The fourth-order valence-electron chi connectivity index (χ4n) is 1.17. The van der Waals surface area contributed by atoms with Crippen LogP contribution >= 0.6 is 58.0 Å². The van der Waals surface area contributed by atoms with Crippen molar-refractivity contribution < 1.29 is 9.18 Å². The summed E-state index contributed by atoms with van der Waals surface area (Å²) in [5.74, 6) is -0.929. The smallest absolute Gasteiger partial charge is 0.253 e. The van der Waals surface area contributed by atoms with Gasteiger partial charge in [0.15, 0.2) is 6.67 Å². The lowest BCUT2D eigenvalue weighted by Gasteiger charge is -2.27. The fraction of sp³-hybridized carbons (Fsp3) is 0.300. The molecule has 0 aliphatic rings. The number of rotatable bonds is 4. The van der Waals surface area contributed by atoms with E-state index in [0.717, 1.165) is 0 Å². The third-order valence-corrected chi connectivity index (χ3v) is 3.48. The Morgan fingerprint density at radius 2 is 1.95 bits per heavy atom. The molecule has 1 aromatic rings. The van der Waals surface area contributed by atoms with E-state index >= 15 is 0 Å². The maximum Gasteiger partial charge on any atom is 0.253 e. The lowest BCUT2D eigenvalue weighted by molar-refractivity contribution is -0.122. The van der Waals surface area contributed by atoms with E-state index in [1.807, 2.05) is 0 Å². The summed E-state index contributed by atoms with van der Waals surface area (Å²) < 4.78 is 10.3. The van der Waals surface area contributed by atoms with Gasteiger partial charge in [-0.2, -0.15) is 0 Å². The number of alkyl halides is 4. The number of amides is 1. The number of anilines is 1. The van der Waals surface area contributed by atoms with E-state index in [9.17, 15) is 9.18 Å². The van der Waals surface area contributed by atoms with Gasteiger partial charge in [-0.1, -0.05) is 64.1 Å². The molecule has 19 heavy (non-hydrogen) atoms. The van der Waals surface area contributed by atoms with E-state index in [4.69, 9.17) is 58.0 Å². The highest BCUT2D eigenvalue weighted by molar-refractivity contribution is 6.68. The van der Waals surface area contributed by atoms with Gasteiger partial charge in [0.2, 0.25) is 3.79 Å². The summed E-state index contributed by atoms with van der Waals surface area (Å²) in [6.45, 7) is -1.23. The van der Waals surface area contributed by atoms with Gasteiger partial charge < -0.3 is 10.6 Å². The van der Waals surface area contributed by atoms with Crippen molar-refractivity contribution in [3.8, 4) is 0 Å². The quantitative estimate of drug-likeness (QED) is 0.618. The van der Waals surface area contributed by atoms with Gasteiger partial charge in [-0.25, -0.2) is 4.39 Å². The molecule has 0 aromatic heterocycles. The summed E-state index contributed by atoms with van der Waals surface area (Å²) in [6.07, 6.45) is -1.17. The summed E-state index contributed by atoms with van der Waals surface area (Å²) in [5, 5.41) is 5.34. The maximum absolute atomic E-state index is 12.2. The number of halogens is 6. The minimum atomic E-state index is -1.91. The largest absolute Gasteiger partial charge is 0.361 e. The molecule has 0 aliphatic heterocycles. The third-order valence-electron chi connectivity index (χ3n) is 2.01. The molecular formula is C10H8Cl5FN2O. The number of benzene rings is 1. The number of hydrogen-bond donors (Lipinski definition) is 2. The number of hydrogen-bond acceptors (Lipinski definition) is 2. The van der Waals surface area contributed by atoms with Gasteiger partial charge in [-0.15, -0.1) is 0 Å². The van der Waals surface area contributed by atoms with Crippen molar-refractivity contribution in [2.45, 2.75) is 9.96 Å². The van der Waals surface area contributed by atoms with Crippen LogP contribution in [0.15, 0.2) is 18.2 Å². The summed E-state index contributed by atoms with van der Waals surface area (Å²) in [4.78, 5) is 11.0. The van der Waals surface area contributed by atoms with Crippen LogP contribution in [-0.4, -0.2) is 22.5 Å². The zero-order valence-electron chi connectivity index (χ0n) is 9.19. The second-order valence-corrected chi connectivity index (χ2v) is 6.58. The molecule has 3 nitrogen and oxygen atoms in total. The second kappa shape index (κ2) is 7.04. The minimum Gasteiger partial charge on any atom is -0.361 e. The summed E-state index contributed by atoms with van der Waals surface area (Å²) in [5.41, 5.74) is 0.338. The molecule has 0 spiro atoms. The average Bonchev–Trinajstić information content (AvgIpc) is 2.32. The molecule has 0 fully saturated rings. The first-order chi connectivity index (χ1) is 8.75. The molecule has 1 amide bonds. The number of carbonyl (C=O) groups excluding carboxylic acids is 1. The maximum atomic E-state index is 12.2. The van der Waals surface area contributed by atoms with Gasteiger partial charge >= 0.3 is 0 Å². The third kappa shape index (κ3) is 5.04. The van der Waals surface area contributed by atoms with Crippen LogP contribution < -0.4 is 10.6 Å². The second-order valence-electron chi connectivity index (χ2n) is 3.42. The Labute approximate surface area is 134 Å². The molecule has 1 unspecified atom stereocenters. The van der Waals surface area contributed by atoms with Crippen LogP contribution in [0, 0.1) is 0 Å². The topological polar surface area (TPSA) is 41.1 Å². The first-order valence-electron chi connectivity index (χ1n) is 4.88. The summed E-state index contributed by atoms with van der Waals surface area (Å²) in [7, 11) is 0. The standard InChI is InChI=1S/C10H8Cl5FN2O/c11-5-2-1-3-6(8(5)12)17-9(10(13,14)15)18-7(19)4-16/h1-3,9,17H,4H2,(H,18,19). The van der Waals surface area contributed by atoms with Crippen LogP contribution in [0.3, 0.4) is 0 Å². The van der Waals surface area contributed by atoms with E-state index in [1.165, 1.54) is 0 Å². The van der Waals surface area contributed by atoms with E-state index in [1.54, 1.807) is 18.2 Å². The highest BCUT2D eigenvalue weighted by Crippen LogP contribution is 2.34. The predicted octanol–water partition coefficient (Wildman–Crippen LogP) is 4.19. The molecule has 0 saturated heterocycles. The van der Waals surface area contributed by atoms with E-state index in [0.29, 0.717) is 5.69 Å². The zero-order valence-corrected chi connectivity index (χ0v) is 13.0. The van der Waals surface area contributed by atoms with Crippen molar-refractivity contribution in [3.63, 3.8) is 0 Å². The molecule has 106 valence electrons. The Morgan fingerprint density at radius 1 is 1.32 bits per heavy atom. The number of carbonyl (C=O) groups is 1.